The molecule has 0 atom stereocenters. The fourth-order valence-corrected chi connectivity index (χ4v) is 12.9. The van der Waals surface area contributed by atoms with Gasteiger partial charge in [0.1, 0.15) is 0 Å². The van der Waals surface area contributed by atoms with Gasteiger partial charge in [-0.2, -0.15) is 0 Å². The van der Waals surface area contributed by atoms with E-state index in [1.165, 1.54) is 54.9 Å². The van der Waals surface area contributed by atoms with E-state index in [0.717, 1.165) is 68.2 Å². The fourth-order valence-electron chi connectivity index (χ4n) is 12.9. The van der Waals surface area contributed by atoms with E-state index in [4.69, 9.17) is 0 Å². The van der Waals surface area contributed by atoms with Crippen LogP contribution in [0.15, 0.2) is 315 Å². The summed E-state index contributed by atoms with van der Waals surface area (Å²) in [6.07, 6.45) is 0. The predicted molar refractivity (Wildman–Crippen MR) is 331 cm³/mol. The molecule has 1 spiro atoms. The number of benzene rings is 13. The van der Waals surface area contributed by atoms with Crippen molar-refractivity contribution in [2.24, 2.45) is 0 Å². The van der Waals surface area contributed by atoms with Crippen molar-refractivity contribution in [3.05, 3.63) is 338 Å². The number of anilines is 12. The van der Waals surface area contributed by atoms with Gasteiger partial charge in [-0.05, 0) is 201 Å². The fraction of sp³-hybridized carbons (Fsp3) is 0.0133. The van der Waals surface area contributed by atoms with Crippen LogP contribution in [0.1, 0.15) is 22.3 Å². The molecule has 0 amide bonds. The van der Waals surface area contributed by atoms with Gasteiger partial charge in [0, 0.05) is 68.2 Å². The summed E-state index contributed by atoms with van der Waals surface area (Å²) in [6, 6.07) is 115. The smallest absolute Gasteiger partial charge is 0.0727 e. The first-order valence-electron chi connectivity index (χ1n) is 27.2. The molecule has 13 aromatic rings. The number of hydrogen-bond donors (Lipinski definition) is 0. The van der Waals surface area contributed by atoms with Crippen molar-refractivity contribution in [3.8, 4) is 11.1 Å². The lowest BCUT2D eigenvalue weighted by Crippen LogP contribution is -2.27. The molecular weight excluding hydrogens is 957 g/mol. The van der Waals surface area contributed by atoms with Crippen LogP contribution in [-0.2, 0) is 5.41 Å². The Morgan fingerprint density at radius 3 is 0.684 bits per heavy atom. The van der Waals surface area contributed by atoms with Crippen LogP contribution in [0.3, 0.4) is 0 Å². The molecule has 15 rings (SSSR count). The van der Waals surface area contributed by atoms with E-state index in [9.17, 15) is 0 Å². The van der Waals surface area contributed by atoms with Gasteiger partial charge in [0.2, 0.25) is 0 Å². The molecular formula is C75H52N4. The van der Waals surface area contributed by atoms with Crippen LogP contribution in [-0.4, -0.2) is 0 Å². The third kappa shape index (κ3) is 7.52. The monoisotopic (exact) mass is 1010 g/mol. The lowest BCUT2D eigenvalue weighted by molar-refractivity contribution is 0.797. The summed E-state index contributed by atoms with van der Waals surface area (Å²) < 4.78 is 0. The van der Waals surface area contributed by atoms with E-state index in [2.05, 4.69) is 335 Å². The normalized spacial score (nSPS) is 12.4. The average molecular weight is 1010 g/mol. The summed E-state index contributed by atoms with van der Waals surface area (Å²) in [6.45, 7) is 0. The average Bonchev–Trinajstić information content (AvgIpc) is 2.61. The van der Waals surface area contributed by atoms with Gasteiger partial charge >= 0.3 is 0 Å². The maximum atomic E-state index is 2.51. The van der Waals surface area contributed by atoms with E-state index in [1.807, 2.05) is 0 Å². The van der Waals surface area contributed by atoms with Crippen molar-refractivity contribution >= 4 is 89.8 Å². The van der Waals surface area contributed by atoms with E-state index in [0.29, 0.717) is 0 Å². The van der Waals surface area contributed by atoms with E-state index < -0.39 is 5.41 Å². The minimum atomic E-state index is -0.629. The van der Waals surface area contributed by atoms with Crippen molar-refractivity contribution in [1.82, 2.24) is 0 Å². The number of nitrogens with zero attached hydrogens (tertiary/aromatic N) is 4. The standard InChI is InChI=1S/C75H52N4/c1-7-23-55(24-8-1)76(56-25-9-2-10-26-56)61-41-45-63(46-42-61)78(59-31-15-5-16-32-59)65-49-53-39-40-54-50-66(52-72-74(54)73(53)71(51-65)75(72)69-37-21-19-35-67(69)68-36-20-22-38-70(68)75)79(60-33-17-6-18-34-60)64-47-43-62(44-48-64)77(57-27-11-3-12-28-57)58-29-13-4-14-30-58/h1-52H. The summed E-state index contributed by atoms with van der Waals surface area (Å²) in [5, 5.41) is 5.02. The molecule has 0 heterocycles. The van der Waals surface area contributed by atoms with E-state index in [-0.39, 0.29) is 0 Å². The van der Waals surface area contributed by atoms with Crippen LogP contribution in [0, 0.1) is 0 Å². The molecule has 372 valence electrons. The second kappa shape index (κ2) is 19.0. The highest BCUT2D eigenvalue weighted by molar-refractivity contribution is 6.19. The second-order valence-corrected chi connectivity index (χ2v) is 20.5. The Labute approximate surface area is 461 Å². The molecule has 79 heavy (non-hydrogen) atoms. The molecule has 0 aromatic heterocycles. The van der Waals surface area contributed by atoms with Crippen molar-refractivity contribution in [2.45, 2.75) is 5.41 Å². The van der Waals surface area contributed by atoms with Gasteiger partial charge < -0.3 is 19.6 Å². The first-order valence-corrected chi connectivity index (χ1v) is 27.2. The summed E-state index contributed by atoms with van der Waals surface area (Å²) in [5.41, 5.74) is 20.2. The van der Waals surface area contributed by atoms with Gasteiger partial charge in [-0.3, -0.25) is 0 Å². The zero-order valence-corrected chi connectivity index (χ0v) is 43.3. The maximum Gasteiger partial charge on any atom is 0.0727 e. The molecule has 0 saturated carbocycles. The summed E-state index contributed by atoms with van der Waals surface area (Å²) in [4.78, 5) is 9.52. The number of fused-ring (bicyclic) bond motifs is 7. The minimum absolute atomic E-state index is 0.629. The van der Waals surface area contributed by atoms with Gasteiger partial charge in [0.05, 0.1) is 5.41 Å². The van der Waals surface area contributed by atoms with Crippen molar-refractivity contribution in [1.29, 1.82) is 0 Å². The summed E-state index contributed by atoms with van der Waals surface area (Å²) in [7, 11) is 0. The second-order valence-electron chi connectivity index (χ2n) is 20.5. The minimum Gasteiger partial charge on any atom is -0.311 e. The van der Waals surface area contributed by atoms with Crippen LogP contribution in [0.4, 0.5) is 68.2 Å². The molecule has 2 aliphatic rings. The third-order valence-corrected chi connectivity index (χ3v) is 16.1. The molecule has 0 N–H and O–H groups in total. The van der Waals surface area contributed by atoms with Crippen LogP contribution >= 0.6 is 0 Å². The Hall–Kier alpha value is -10.4. The lowest BCUT2D eigenvalue weighted by atomic mass is 9.70. The Morgan fingerprint density at radius 2 is 0.405 bits per heavy atom. The lowest BCUT2D eigenvalue weighted by Gasteiger charge is -2.34. The first-order chi connectivity index (χ1) is 39.2. The van der Waals surface area contributed by atoms with Crippen LogP contribution in [0.2, 0.25) is 0 Å². The molecule has 2 aliphatic carbocycles. The highest BCUT2D eigenvalue weighted by atomic mass is 15.2. The molecule has 13 aromatic carbocycles. The molecule has 4 nitrogen and oxygen atoms in total. The van der Waals surface area contributed by atoms with E-state index in [1.54, 1.807) is 0 Å². The Bertz CT molecular complexity index is 3980. The van der Waals surface area contributed by atoms with Gasteiger partial charge in [-0.25, -0.2) is 0 Å². The number of para-hydroxylation sites is 6. The Balaban J connectivity index is 0.920. The Morgan fingerprint density at radius 1 is 0.177 bits per heavy atom. The zero-order chi connectivity index (χ0) is 52.3. The Kier molecular flexibility index (Phi) is 11.0. The summed E-state index contributed by atoms with van der Waals surface area (Å²) in [5.74, 6) is 0. The molecule has 0 fully saturated rings. The van der Waals surface area contributed by atoms with Crippen molar-refractivity contribution in [2.75, 3.05) is 19.6 Å². The summed E-state index contributed by atoms with van der Waals surface area (Å²) >= 11 is 0. The molecule has 0 saturated heterocycles. The SMILES string of the molecule is c1ccc(N(c2ccccc2)c2ccc(N(c3ccccc3)c3cc4c5c(ccc6cc(N(c7ccccc7)c7ccc(N(c8ccccc8)c8ccccc8)cc7)cc(c65)C45c4ccccc4-c4ccccc45)c3)cc2)cc1. The van der Waals surface area contributed by atoms with Gasteiger partial charge in [0.15, 0.2) is 0 Å². The van der Waals surface area contributed by atoms with Crippen molar-refractivity contribution < 1.29 is 0 Å². The molecule has 0 aliphatic heterocycles. The maximum absolute atomic E-state index is 2.51. The van der Waals surface area contributed by atoms with Gasteiger partial charge in [0.25, 0.3) is 0 Å². The van der Waals surface area contributed by atoms with Crippen LogP contribution in [0.5, 0.6) is 0 Å². The van der Waals surface area contributed by atoms with E-state index >= 15 is 0 Å². The quantitative estimate of drug-likeness (QED) is 0.113. The van der Waals surface area contributed by atoms with Crippen LogP contribution in [0.25, 0.3) is 32.7 Å². The number of rotatable bonds is 12. The molecule has 4 heteroatoms. The molecule has 0 bridgehead atoms. The first kappa shape index (κ1) is 45.9. The largest absolute Gasteiger partial charge is 0.311 e. The van der Waals surface area contributed by atoms with Gasteiger partial charge in [-0.15, -0.1) is 0 Å². The molecule has 0 unspecified atom stereocenters. The topological polar surface area (TPSA) is 13.0 Å². The number of hydrogen-bond acceptors (Lipinski definition) is 4. The highest BCUT2D eigenvalue weighted by Crippen LogP contribution is 2.64. The molecule has 0 radical (unpaired) electrons. The van der Waals surface area contributed by atoms with Gasteiger partial charge in [-0.1, -0.05) is 170 Å². The van der Waals surface area contributed by atoms with Crippen LogP contribution < -0.4 is 19.6 Å². The predicted octanol–water partition coefficient (Wildman–Crippen LogP) is 20.5. The highest BCUT2D eigenvalue weighted by Gasteiger charge is 2.51. The van der Waals surface area contributed by atoms with Crippen molar-refractivity contribution in [3.63, 3.8) is 0 Å². The third-order valence-electron chi connectivity index (χ3n) is 16.1. The zero-order valence-electron chi connectivity index (χ0n) is 43.3.